The standard InChI is InChI=1S/C20H16N2O2S2/c23-19(6-3-14-8-11-25-13-14)21-16-5-4-15-7-9-22(17(15)12-16)20(24)18-2-1-10-26-18/h1-6,8,10-13H,7,9H2,(H,21,23)/b6-3+. The largest absolute Gasteiger partial charge is 0.322 e. The summed E-state index contributed by atoms with van der Waals surface area (Å²) in [4.78, 5) is 27.3. The smallest absolute Gasteiger partial charge is 0.268 e. The molecule has 0 radical (unpaired) electrons. The van der Waals surface area contributed by atoms with E-state index in [1.54, 1.807) is 22.3 Å². The van der Waals surface area contributed by atoms with Gasteiger partial charge in [0, 0.05) is 24.0 Å². The molecule has 2 amide bonds. The van der Waals surface area contributed by atoms with Crippen LogP contribution in [0, 0.1) is 0 Å². The highest BCUT2D eigenvalue weighted by atomic mass is 32.1. The van der Waals surface area contributed by atoms with Crippen molar-refractivity contribution in [1.29, 1.82) is 0 Å². The van der Waals surface area contributed by atoms with Gasteiger partial charge in [0.15, 0.2) is 0 Å². The molecule has 4 nitrogen and oxygen atoms in total. The lowest BCUT2D eigenvalue weighted by Crippen LogP contribution is -2.28. The highest BCUT2D eigenvalue weighted by molar-refractivity contribution is 7.12. The average molecular weight is 380 g/mol. The fourth-order valence-electron chi connectivity index (χ4n) is 2.93. The number of benzene rings is 1. The van der Waals surface area contributed by atoms with Crippen molar-refractivity contribution in [2.45, 2.75) is 6.42 Å². The molecule has 3 heterocycles. The molecule has 26 heavy (non-hydrogen) atoms. The second kappa shape index (κ2) is 7.27. The summed E-state index contributed by atoms with van der Waals surface area (Å²) in [5.74, 6) is -0.176. The van der Waals surface area contributed by atoms with Gasteiger partial charge in [0.25, 0.3) is 5.91 Å². The van der Waals surface area contributed by atoms with Gasteiger partial charge in [0.1, 0.15) is 0 Å². The summed E-state index contributed by atoms with van der Waals surface area (Å²) in [6, 6.07) is 11.4. The maximum Gasteiger partial charge on any atom is 0.268 e. The van der Waals surface area contributed by atoms with Crippen molar-refractivity contribution >= 4 is 51.9 Å². The highest BCUT2D eigenvalue weighted by Crippen LogP contribution is 2.32. The molecule has 1 aromatic carbocycles. The molecule has 0 saturated heterocycles. The molecule has 6 heteroatoms. The number of carbonyl (C=O) groups is 2. The number of fused-ring (bicyclic) bond motifs is 1. The molecule has 0 saturated carbocycles. The fourth-order valence-corrected chi connectivity index (χ4v) is 4.23. The third-order valence-electron chi connectivity index (χ3n) is 4.20. The highest BCUT2D eigenvalue weighted by Gasteiger charge is 2.26. The molecule has 1 aliphatic rings. The number of rotatable bonds is 4. The number of amides is 2. The molecule has 1 aliphatic heterocycles. The van der Waals surface area contributed by atoms with Crippen LogP contribution in [0.4, 0.5) is 11.4 Å². The van der Waals surface area contributed by atoms with E-state index >= 15 is 0 Å². The Morgan fingerprint density at radius 2 is 2.08 bits per heavy atom. The van der Waals surface area contributed by atoms with Crippen molar-refractivity contribution in [2.75, 3.05) is 16.8 Å². The summed E-state index contributed by atoms with van der Waals surface area (Å²) < 4.78 is 0. The van der Waals surface area contributed by atoms with Gasteiger partial charge in [-0.1, -0.05) is 12.1 Å². The number of hydrogen-bond donors (Lipinski definition) is 1. The zero-order chi connectivity index (χ0) is 17.9. The van der Waals surface area contributed by atoms with E-state index < -0.39 is 0 Å². The quantitative estimate of drug-likeness (QED) is 0.669. The Hall–Kier alpha value is -2.70. The van der Waals surface area contributed by atoms with E-state index in [0.29, 0.717) is 12.2 Å². The Bertz CT molecular complexity index is 960. The molecule has 2 aromatic heterocycles. The monoisotopic (exact) mass is 380 g/mol. The Morgan fingerprint density at radius 3 is 2.85 bits per heavy atom. The van der Waals surface area contributed by atoms with Crippen LogP contribution in [-0.4, -0.2) is 18.4 Å². The van der Waals surface area contributed by atoms with Crippen LogP contribution < -0.4 is 10.2 Å². The van der Waals surface area contributed by atoms with Crippen LogP contribution in [0.25, 0.3) is 6.08 Å². The van der Waals surface area contributed by atoms with Crippen molar-refractivity contribution in [2.24, 2.45) is 0 Å². The summed E-state index contributed by atoms with van der Waals surface area (Å²) in [6.07, 6.45) is 4.13. The summed E-state index contributed by atoms with van der Waals surface area (Å²) in [7, 11) is 0. The zero-order valence-corrected chi connectivity index (χ0v) is 15.5. The van der Waals surface area contributed by atoms with E-state index in [1.807, 2.05) is 52.5 Å². The molecule has 0 spiro atoms. The van der Waals surface area contributed by atoms with Gasteiger partial charge in [-0.2, -0.15) is 11.3 Å². The van der Waals surface area contributed by atoms with Crippen LogP contribution in [0.1, 0.15) is 20.8 Å². The first-order valence-electron chi connectivity index (χ1n) is 8.20. The molecule has 0 atom stereocenters. The minimum atomic E-state index is -0.190. The van der Waals surface area contributed by atoms with Gasteiger partial charge in [-0.05, 0) is 64.0 Å². The molecule has 4 rings (SSSR count). The molecule has 3 aromatic rings. The maximum absolute atomic E-state index is 12.7. The first-order chi connectivity index (χ1) is 12.7. The van der Waals surface area contributed by atoms with Gasteiger partial charge in [-0.3, -0.25) is 9.59 Å². The number of nitrogens with zero attached hydrogens (tertiary/aromatic N) is 1. The minimum Gasteiger partial charge on any atom is -0.322 e. The van der Waals surface area contributed by atoms with Gasteiger partial charge in [0.2, 0.25) is 5.91 Å². The topological polar surface area (TPSA) is 49.4 Å². The van der Waals surface area contributed by atoms with E-state index in [-0.39, 0.29) is 11.8 Å². The molecule has 1 N–H and O–H groups in total. The fraction of sp³-hybridized carbons (Fsp3) is 0.100. The predicted octanol–water partition coefficient (Wildman–Crippen LogP) is 4.66. The van der Waals surface area contributed by atoms with E-state index in [0.717, 1.165) is 28.1 Å². The SMILES string of the molecule is O=C(/C=C/c1ccsc1)Nc1ccc2c(c1)N(C(=O)c1cccs1)CC2. The van der Waals surface area contributed by atoms with Crippen LogP contribution in [0.3, 0.4) is 0 Å². The van der Waals surface area contributed by atoms with Crippen molar-refractivity contribution in [1.82, 2.24) is 0 Å². The summed E-state index contributed by atoms with van der Waals surface area (Å²) >= 11 is 3.03. The zero-order valence-electron chi connectivity index (χ0n) is 13.8. The van der Waals surface area contributed by atoms with E-state index in [1.165, 1.54) is 17.4 Å². The normalized spacial score (nSPS) is 13.2. The van der Waals surface area contributed by atoms with E-state index in [4.69, 9.17) is 0 Å². The number of carbonyl (C=O) groups excluding carboxylic acids is 2. The van der Waals surface area contributed by atoms with Crippen molar-refractivity contribution < 1.29 is 9.59 Å². The van der Waals surface area contributed by atoms with Crippen molar-refractivity contribution in [3.63, 3.8) is 0 Å². The molecule has 0 aliphatic carbocycles. The average Bonchev–Trinajstić information content (AvgIpc) is 3.40. The Morgan fingerprint density at radius 1 is 1.15 bits per heavy atom. The van der Waals surface area contributed by atoms with Crippen molar-refractivity contribution in [3.8, 4) is 0 Å². The first kappa shape index (κ1) is 16.8. The third kappa shape index (κ3) is 3.47. The lowest BCUT2D eigenvalue weighted by atomic mass is 10.1. The van der Waals surface area contributed by atoms with Crippen LogP contribution in [-0.2, 0) is 11.2 Å². The maximum atomic E-state index is 12.7. The second-order valence-electron chi connectivity index (χ2n) is 5.91. The Balaban J connectivity index is 1.50. The predicted molar refractivity (Wildman–Crippen MR) is 108 cm³/mol. The van der Waals surface area contributed by atoms with E-state index in [9.17, 15) is 9.59 Å². The number of anilines is 2. The van der Waals surface area contributed by atoms with Gasteiger partial charge in [-0.15, -0.1) is 11.3 Å². The second-order valence-corrected chi connectivity index (χ2v) is 7.63. The molecular formula is C20H16N2O2S2. The lowest BCUT2D eigenvalue weighted by molar-refractivity contribution is -0.111. The van der Waals surface area contributed by atoms with Crippen LogP contribution in [0.2, 0.25) is 0 Å². The van der Waals surface area contributed by atoms with Gasteiger partial charge in [0.05, 0.1) is 4.88 Å². The molecule has 130 valence electrons. The Kier molecular flexibility index (Phi) is 4.69. The first-order valence-corrected chi connectivity index (χ1v) is 10.0. The van der Waals surface area contributed by atoms with Crippen molar-refractivity contribution in [3.05, 3.63) is 74.6 Å². The number of thiophene rings is 2. The van der Waals surface area contributed by atoms with Crippen LogP contribution >= 0.6 is 22.7 Å². The van der Waals surface area contributed by atoms with Gasteiger partial charge in [-0.25, -0.2) is 0 Å². The van der Waals surface area contributed by atoms with Gasteiger partial charge >= 0.3 is 0 Å². The molecule has 0 unspecified atom stereocenters. The summed E-state index contributed by atoms with van der Waals surface area (Å²) in [6.45, 7) is 0.668. The van der Waals surface area contributed by atoms with Gasteiger partial charge < -0.3 is 10.2 Å². The lowest BCUT2D eigenvalue weighted by Gasteiger charge is -2.17. The van der Waals surface area contributed by atoms with Crippen LogP contribution in [0.5, 0.6) is 0 Å². The molecule has 0 fully saturated rings. The number of nitrogens with one attached hydrogen (secondary N) is 1. The van der Waals surface area contributed by atoms with E-state index in [2.05, 4.69) is 5.32 Å². The summed E-state index contributed by atoms with van der Waals surface area (Å²) in [5.41, 5.74) is 3.70. The van der Waals surface area contributed by atoms with Crippen LogP contribution in [0.15, 0.2) is 58.6 Å². The molecule has 0 bridgehead atoms. The Labute approximate surface area is 159 Å². The molecular weight excluding hydrogens is 364 g/mol. The minimum absolute atomic E-state index is 0.0135. The third-order valence-corrected chi connectivity index (χ3v) is 5.76. The summed E-state index contributed by atoms with van der Waals surface area (Å²) in [5, 5.41) is 8.72. The number of hydrogen-bond acceptors (Lipinski definition) is 4.